The van der Waals surface area contributed by atoms with Crippen molar-refractivity contribution < 1.29 is 9.90 Å². The molecular formula is C16H33NO2. The van der Waals surface area contributed by atoms with E-state index < -0.39 is 11.4 Å². The number of carboxylic acid groups (broad SMARTS) is 1. The first-order valence-electron chi connectivity index (χ1n) is 7.61. The largest absolute Gasteiger partial charge is 0.481 e. The van der Waals surface area contributed by atoms with Crippen LogP contribution in [0, 0.1) is 17.3 Å². The molecule has 0 rings (SSSR count). The maximum absolute atomic E-state index is 11.0. The van der Waals surface area contributed by atoms with E-state index in [9.17, 15) is 4.79 Å². The summed E-state index contributed by atoms with van der Waals surface area (Å²) in [4.78, 5) is 13.5. The van der Waals surface area contributed by atoms with Gasteiger partial charge in [-0.2, -0.15) is 0 Å². The lowest BCUT2D eigenvalue weighted by atomic mass is 9.87. The van der Waals surface area contributed by atoms with Gasteiger partial charge in [-0.05, 0) is 45.1 Å². The van der Waals surface area contributed by atoms with Crippen LogP contribution >= 0.6 is 0 Å². The molecule has 0 aliphatic heterocycles. The quantitative estimate of drug-likeness (QED) is 0.613. The number of aliphatic carboxylic acids is 1. The van der Waals surface area contributed by atoms with Crippen LogP contribution in [0.25, 0.3) is 0 Å². The van der Waals surface area contributed by atoms with Crippen LogP contribution in [0.2, 0.25) is 0 Å². The van der Waals surface area contributed by atoms with Gasteiger partial charge in [0.05, 0.1) is 5.41 Å². The molecule has 0 aromatic heterocycles. The molecule has 0 saturated heterocycles. The Morgan fingerprint density at radius 1 is 1.05 bits per heavy atom. The van der Waals surface area contributed by atoms with E-state index in [0.717, 1.165) is 38.9 Å². The van der Waals surface area contributed by atoms with Crippen molar-refractivity contribution in [2.45, 2.75) is 60.8 Å². The van der Waals surface area contributed by atoms with E-state index in [0.29, 0.717) is 11.8 Å². The van der Waals surface area contributed by atoms with Crippen molar-refractivity contribution in [3.8, 4) is 0 Å². The molecule has 0 fully saturated rings. The van der Waals surface area contributed by atoms with Crippen LogP contribution in [0.4, 0.5) is 0 Å². The van der Waals surface area contributed by atoms with E-state index in [4.69, 9.17) is 5.11 Å². The maximum atomic E-state index is 11.0. The third kappa shape index (κ3) is 9.04. The van der Waals surface area contributed by atoms with Crippen molar-refractivity contribution in [1.29, 1.82) is 0 Å². The van der Waals surface area contributed by atoms with Gasteiger partial charge in [-0.3, -0.25) is 4.79 Å². The first-order valence-corrected chi connectivity index (χ1v) is 7.61. The smallest absolute Gasteiger partial charge is 0.309 e. The van der Waals surface area contributed by atoms with Crippen molar-refractivity contribution >= 4 is 5.97 Å². The summed E-state index contributed by atoms with van der Waals surface area (Å²) in [6.45, 7) is 16.0. The molecular weight excluding hydrogens is 238 g/mol. The topological polar surface area (TPSA) is 40.5 Å². The third-order valence-electron chi connectivity index (χ3n) is 3.35. The van der Waals surface area contributed by atoms with Crippen molar-refractivity contribution in [2.75, 3.05) is 19.6 Å². The standard InChI is InChI=1S/C16H33NO2/c1-13(2)11-17(12-14(3)4)10-8-7-9-16(5,6)15(18)19/h13-14H,7-12H2,1-6H3,(H,18,19). The molecule has 0 aliphatic carbocycles. The van der Waals surface area contributed by atoms with E-state index in [1.165, 1.54) is 0 Å². The zero-order valence-electron chi connectivity index (χ0n) is 13.7. The van der Waals surface area contributed by atoms with Gasteiger partial charge in [-0.1, -0.05) is 34.1 Å². The number of unbranched alkanes of at least 4 members (excludes halogenated alkanes) is 1. The minimum atomic E-state index is -0.686. The number of carbonyl (C=O) groups is 1. The van der Waals surface area contributed by atoms with Crippen LogP contribution in [-0.4, -0.2) is 35.6 Å². The number of carboxylic acids is 1. The van der Waals surface area contributed by atoms with Crippen LogP contribution in [0.1, 0.15) is 60.8 Å². The van der Waals surface area contributed by atoms with Gasteiger partial charge in [0.2, 0.25) is 0 Å². The maximum Gasteiger partial charge on any atom is 0.309 e. The van der Waals surface area contributed by atoms with Crippen molar-refractivity contribution in [3.63, 3.8) is 0 Å². The molecule has 0 saturated carbocycles. The second-order valence-corrected chi connectivity index (χ2v) is 7.19. The summed E-state index contributed by atoms with van der Waals surface area (Å²) in [5, 5.41) is 9.08. The highest BCUT2D eigenvalue weighted by Gasteiger charge is 2.26. The van der Waals surface area contributed by atoms with Gasteiger partial charge in [0, 0.05) is 13.1 Å². The highest BCUT2D eigenvalue weighted by molar-refractivity contribution is 5.73. The Labute approximate surface area is 119 Å². The van der Waals surface area contributed by atoms with Crippen molar-refractivity contribution in [1.82, 2.24) is 4.90 Å². The zero-order chi connectivity index (χ0) is 15.1. The van der Waals surface area contributed by atoms with Gasteiger partial charge < -0.3 is 10.0 Å². The number of nitrogens with zero attached hydrogens (tertiary/aromatic N) is 1. The zero-order valence-corrected chi connectivity index (χ0v) is 13.7. The molecule has 0 aliphatic rings. The summed E-state index contributed by atoms with van der Waals surface area (Å²) in [6.07, 6.45) is 2.85. The minimum absolute atomic E-state index is 0.582. The van der Waals surface area contributed by atoms with Gasteiger partial charge in [0.25, 0.3) is 0 Å². The molecule has 0 unspecified atom stereocenters. The van der Waals surface area contributed by atoms with Crippen LogP contribution in [0.15, 0.2) is 0 Å². The van der Waals surface area contributed by atoms with E-state index in [1.807, 2.05) is 13.8 Å². The summed E-state index contributed by atoms with van der Waals surface area (Å²) in [6, 6.07) is 0. The predicted molar refractivity (Wildman–Crippen MR) is 81.4 cm³/mol. The Morgan fingerprint density at radius 2 is 1.53 bits per heavy atom. The Morgan fingerprint density at radius 3 is 1.89 bits per heavy atom. The van der Waals surface area contributed by atoms with Gasteiger partial charge in [0.1, 0.15) is 0 Å². The molecule has 0 aromatic carbocycles. The van der Waals surface area contributed by atoms with Crippen LogP contribution in [-0.2, 0) is 4.79 Å². The Hall–Kier alpha value is -0.570. The number of hydrogen-bond acceptors (Lipinski definition) is 2. The average molecular weight is 271 g/mol. The molecule has 0 spiro atoms. The van der Waals surface area contributed by atoms with Crippen molar-refractivity contribution in [2.24, 2.45) is 17.3 Å². The van der Waals surface area contributed by atoms with Crippen LogP contribution in [0.3, 0.4) is 0 Å². The van der Waals surface area contributed by atoms with E-state index in [2.05, 4.69) is 32.6 Å². The first-order chi connectivity index (χ1) is 8.65. The molecule has 0 radical (unpaired) electrons. The Kier molecular flexibility index (Phi) is 8.31. The molecule has 3 heteroatoms. The molecule has 19 heavy (non-hydrogen) atoms. The second-order valence-electron chi connectivity index (χ2n) is 7.19. The number of rotatable bonds is 10. The highest BCUT2D eigenvalue weighted by atomic mass is 16.4. The van der Waals surface area contributed by atoms with Crippen molar-refractivity contribution in [3.05, 3.63) is 0 Å². The number of hydrogen-bond donors (Lipinski definition) is 1. The molecule has 3 nitrogen and oxygen atoms in total. The fourth-order valence-corrected chi connectivity index (χ4v) is 2.30. The highest BCUT2D eigenvalue weighted by Crippen LogP contribution is 2.23. The summed E-state index contributed by atoms with van der Waals surface area (Å²) in [5.41, 5.74) is -0.582. The normalized spacial score (nSPS) is 12.7. The van der Waals surface area contributed by atoms with Crippen LogP contribution < -0.4 is 0 Å². The van der Waals surface area contributed by atoms with Gasteiger partial charge in [-0.25, -0.2) is 0 Å². The predicted octanol–water partition coefficient (Wildman–Crippen LogP) is 3.88. The Balaban J connectivity index is 4.02. The van der Waals surface area contributed by atoms with Gasteiger partial charge in [0.15, 0.2) is 0 Å². The minimum Gasteiger partial charge on any atom is -0.481 e. The Bertz CT molecular complexity index is 249. The average Bonchev–Trinajstić information content (AvgIpc) is 2.22. The molecule has 0 amide bonds. The van der Waals surface area contributed by atoms with Gasteiger partial charge >= 0.3 is 5.97 Å². The third-order valence-corrected chi connectivity index (χ3v) is 3.35. The summed E-state index contributed by atoms with van der Waals surface area (Å²) >= 11 is 0. The molecule has 114 valence electrons. The lowest BCUT2D eigenvalue weighted by Gasteiger charge is -2.26. The molecule has 0 bridgehead atoms. The molecule has 0 atom stereocenters. The molecule has 1 N–H and O–H groups in total. The summed E-state index contributed by atoms with van der Waals surface area (Å²) in [5.74, 6) is 0.692. The van der Waals surface area contributed by atoms with E-state index in [1.54, 1.807) is 0 Å². The summed E-state index contributed by atoms with van der Waals surface area (Å²) in [7, 11) is 0. The monoisotopic (exact) mass is 271 g/mol. The fourth-order valence-electron chi connectivity index (χ4n) is 2.30. The summed E-state index contributed by atoms with van der Waals surface area (Å²) < 4.78 is 0. The van der Waals surface area contributed by atoms with E-state index >= 15 is 0 Å². The fraction of sp³-hybridized carbons (Fsp3) is 0.938. The van der Waals surface area contributed by atoms with Crippen LogP contribution in [0.5, 0.6) is 0 Å². The first kappa shape index (κ1) is 18.4. The lowest BCUT2D eigenvalue weighted by Crippen LogP contribution is -2.32. The lowest BCUT2D eigenvalue weighted by molar-refractivity contribution is -0.147. The van der Waals surface area contributed by atoms with E-state index in [-0.39, 0.29) is 0 Å². The SMILES string of the molecule is CC(C)CN(CCCCC(C)(C)C(=O)O)CC(C)C. The molecule has 0 heterocycles. The van der Waals surface area contributed by atoms with Gasteiger partial charge in [-0.15, -0.1) is 0 Å². The molecule has 0 aromatic rings. The second kappa shape index (κ2) is 8.57.